The summed E-state index contributed by atoms with van der Waals surface area (Å²) in [6.07, 6.45) is 0. The van der Waals surface area contributed by atoms with Crippen molar-refractivity contribution < 1.29 is 9.59 Å². The van der Waals surface area contributed by atoms with Crippen LogP contribution in [0, 0.1) is 0 Å². The average molecular weight is 371 g/mol. The molecule has 0 radical (unpaired) electrons. The zero-order chi connectivity index (χ0) is 17.0. The first-order chi connectivity index (χ1) is 10.9. The third-order valence-electron chi connectivity index (χ3n) is 3.29. The molecule has 1 aromatic heterocycles. The molecule has 122 valence electrons. The molecule has 2 rings (SSSR count). The van der Waals surface area contributed by atoms with Crippen LogP contribution in [0.2, 0.25) is 10.0 Å². The van der Waals surface area contributed by atoms with E-state index in [0.29, 0.717) is 11.6 Å². The lowest BCUT2D eigenvalue weighted by Gasteiger charge is -2.22. The van der Waals surface area contributed by atoms with Crippen LogP contribution < -0.4 is 5.32 Å². The van der Waals surface area contributed by atoms with Crippen molar-refractivity contribution in [2.75, 3.05) is 7.05 Å². The number of likely N-dealkylation sites (N-methyl/N-ethyl adjacent to an activating group) is 1. The van der Waals surface area contributed by atoms with Crippen molar-refractivity contribution >= 4 is 46.4 Å². The number of carbonyl (C=O) groups excluding carboxylic acids is 2. The lowest BCUT2D eigenvalue weighted by molar-refractivity contribution is -0.132. The fraction of sp³-hybridized carbons (Fsp3) is 0.250. The van der Waals surface area contributed by atoms with E-state index in [9.17, 15) is 9.59 Å². The molecule has 23 heavy (non-hydrogen) atoms. The Labute approximate surface area is 149 Å². The zero-order valence-electron chi connectivity index (χ0n) is 12.7. The Kier molecular flexibility index (Phi) is 6.04. The third-order valence-corrected chi connectivity index (χ3v) is 4.84. The first kappa shape index (κ1) is 17.8. The maximum atomic E-state index is 12.3. The second kappa shape index (κ2) is 7.81. The molecule has 0 aliphatic rings. The summed E-state index contributed by atoms with van der Waals surface area (Å²) < 4.78 is 0. The van der Waals surface area contributed by atoms with E-state index in [4.69, 9.17) is 23.2 Å². The molecule has 1 atom stereocenters. The van der Waals surface area contributed by atoms with E-state index in [1.54, 1.807) is 48.4 Å². The van der Waals surface area contributed by atoms with Crippen LogP contribution >= 0.6 is 34.5 Å². The zero-order valence-corrected chi connectivity index (χ0v) is 15.0. The van der Waals surface area contributed by atoms with Crippen molar-refractivity contribution in [2.45, 2.75) is 19.5 Å². The molecule has 0 unspecified atom stereocenters. The quantitative estimate of drug-likeness (QED) is 0.869. The lowest BCUT2D eigenvalue weighted by Crippen LogP contribution is -2.45. The van der Waals surface area contributed by atoms with Gasteiger partial charge in [0.05, 0.1) is 15.6 Å². The Bertz CT molecular complexity index is 704. The van der Waals surface area contributed by atoms with Gasteiger partial charge in [-0.3, -0.25) is 9.59 Å². The van der Waals surface area contributed by atoms with Gasteiger partial charge in [-0.1, -0.05) is 29.3 Å². The number of halogens is 2. The van der Waals surface area contributed by atoms with Crippen LogP contribution in [-0.4, -0.2) is 29.8 Å². The summed E-state index contributed by atoms with van der Waals surface area (Å²) in [5.41, 5.74) is 1.31. The van der Waals surface area contributed by atoms with Gasteiger partial charge in [0.15, 0.2) is 0 Å². The normalized spacial score (nSPS) is 11.8. The molecular formula is C16H16Cl2N2O2S. The highest BCUT2D eigenvalue weighted by molar-refractivity contribution is 7.07. The standard InChI is InChI=1S/C16H16Cl2N2O2S/c1-10(16(22)20(2)8-11-6-7-23-9-11)19-15(21)12-4-3-5-13(17)14(12)18/h3-7,9-10H,8H2,1-2H3,(H,19,21)/t10-/m1/s1. The number of thiophene rings is 1. The maximum Gasteiger partial charge on any atom is 0.253 e. The molecule has 2 aromatic rings. The van der Waals surface area contributed by atoms with Gasteiger partial charge in [0.25, 0.3) is 5.91 Å². The van der Waals surface area contributed by atoms with Crippen LogP contribution in [0.5, 0.6) is 0 Å². The number of carbonyl (C=O) groups is 2. The van der Waals surface area contributed by atoms with E-state index >= 15 is 0 Å². The Morgan fingerprint density at radius 3 is 2.70 bits per heavy atom. The maximum absolute atomic E-state index is 12.3. The fourth-order valence-corrected chi connectivity index (χ4v) is 3.13. The van der Waals surface area contributed by atoms with E-state index in [2.05, 4.69) is 5.32 Å². The predicted molar refractivity (Wildman–Crippen MR) is 94.2 cm³/mol. The van der Waals surface area contributed by atoms with Crippen molar-refractivity contribution in [1.82, 2.24) is 10.2 Å². The summed E-state index contributed by atoms with van der Waals surface area (Å²) in [4.78, 5) is 26.2. The molecule has 0 bridgehead atoms. The van der Waals surface area contributed by atoms with Crippen molar-refractivity contribution in [3.63, 3.8) is 0 Å². The van der Waals surface area contributed by atoms with Crippen LogP contribution in [0.4, 0.5) is 0 Å². The van der Waals surface area contributed by atoms with Gasteiger partial charge in [-0.15, -0.1) is 0 Å². The number of hydrogen-bond acceptors (Lipinski definition) is 3. The molecule has 0 spiro atoms. The fourth-order valence-electron chi connectivity index (χ4n) is 2.08. The lowest BCUT2D eigenvalue weighted by atomic mass is 10.2. The minimum atomic E-state index is -0.666. The second-order valence-electron chi connectivity index (χ2n) is 5.12. The smallest absolute Gasteiger partial charge is 0.253 e. The predicted octanol–water partition coefficient (Wildman–Crippen LogP) is 3.83. The summed E-state index contributed by atoms with van der Waals surface area (Å²) in [6.45, 7) is 2.14. The summed E-state index contributed by atoms with van der Waals surface area (Å²) in [5, 5.41) is 7.07. The Hall–Kier alpha value is -1.56. The summed E-state index contributed by atoms with van der Waals surface area (Å²) in [7, 11) is 1.70. The SMILES string of the molecule is C[C@@H](NC(=O)c1cccc(Cl)c1Cl)C(=O)N(C)Cc1ccsc1. The second-order valence-corrected chi connectivity index (χ2v) is 6.69. The van der Waals surface area contributed by atoms with Crippen molar-refractivity contribution in [3.8, 4) is 0 Å². The third kappa shape index (κ3) is 4.47. The van der Waals surface area contributed by atoms with Crippen molar-refractivity contribution in [3.05, 3.63) is 56.2 Å². The number of amides is 2. The van der Waals surface area contributed by atoms with Gasteiger partial charge in [-0.25, -0.2) is 0 Å². The summed E-state index contributed by atoms with van der Waals surface area (Å²) in [5.74, 6) is -0.606. The van der Waals surface area contributed by atoms with Gasteiger partial charge in [0.2, 0.25) is 5.91 Å². The Morgan fingerprint density at radius 2 is 2.04 bits per heavy atom. The Balaban J connectivity index is 2.00. The molecule has 0 fully saturated rings. The van der Waals surface area contributed by atoms with E-state index in [1.807, 2.05) is 16.8 Å². The van der Waals surface area contributed by atoms with Gasteiger partial charge < -0.3 is 10.2 Å². The van der Waals surface area contributed by atoms with Crippen LogP contribution in [0.15, 0.2) is 35.0 Å². The molecule has 1 N–H and O–H groups in total. The molecule has 0 saturated carbocycles. The van der Waals surface area contributed by atoms with Gasteiger partial charge in [-0.05, 0) is 41.4 Å². The minimum absolute atomic E-state index is 0.178. The molecule has 1 aromatic carbocycles. The largest absolute Gasteiger partial charge is 0.340 e. The molecule has 0 aliphatic carbocycles. The monoisotopic (exact) mass is 370 g/mol. The minimum Gasteiger partial charge on any atom is -0.340 e. The number of nitrogens with one attached hydrogen (secondary N) is 1. The topological polar surface area (TPSA) is 49.4 Å². The molecular weight excluding hydrogens is 355 g/mol. The van der Waals surface area contributed by atoms with E-state index < -0.39 is 11.9 Å². The number of benzene rings is 1. The van der Waals surface area contributed by atoms with Crippen molar-refractivity contribution in [2.24, 2.45) is 0 Å². The first-order valence-electron chi connectivity index (χ1n) is 6.91. The Morgan fingerprint density at radius 1 is 1.30 bits per heavy atom. The van der Waals surface area contributed by atoms with Crippen molar-refractivity contribution in [1.29, 1.82) is 0 Å². The molecule has 7 heteroatoms. The van der Waals surface area contributed by atoms with Gasteiger partial charge >= 0.3 is 0 Å². The summed E-state index contributed by atoms with van der Waals surface area (Å²) in [6, 6.07) is 6.10. The van der Waals surface area contributed by atoms with E-state index in [1.165, 1.54) is 0 Å². The van der Waals surface area contributed by atoms with Gasteiger partial charge in [0, 0.05) is 13.6 Å². The molecule has 1 heterocycles. The molecule has 0 saturated heterocycles. The van der Waals surface area contributed by atoms with Gasteiger partial charge in [-0.2, -0.15) is 11.3 Å². The highest BCUT2D eigenvalue weighted by Gasteiger charge is 2.21. The summed E-state index contributed by atoms with van der Waals surface area (Å²) >= 11 is 13.5. The van der Waals surface area contributed by atoms with Gasteiger partial charge in [0.1, 0.15) is 6.04 Å². The van der Waals surface area contributed by atoms with Crippen LogP contribution in [0.3, 0.4) is 0 Å². The highest BCUT2D eigenvalue weighted by atomic mass is 35.5. The number of nitrogens with zero attached hydrogens (tertiary/aromatic N) is 1. The van der Waals surface area contributed by atoms with E-state index in [0.717, 1.165) is 5.56 Å². The van der Waals surface area contributed by atoms with Crippen LogP contribution in [0.1, 0.15) is 22.8 Å². The highest BCUT2D eigenvalue weighted by Crippen LogP contribution is 2.25. The van der Waals surface area contributed by atoms with Crippen LogP contribution in [-0.2, 0) is 11.3 Å². The first-order valence-corrected chi connectivity index (χ1v) is 8.61. The number of rotatable bonds is 5. The van der Waals surface area contributed by atoms with E-state index in [-0.39, 0.29) is 16.5 Å². The number of hydrogen-bond donors (Lipinski definition) is 1. The van der Waals surface area contributed by atoms with Crippen LogP contribution in [0.25, 0.3) is 0 Å². The molecule has 4 nitrogen and oxygen atoms in total. The molecule has 2 amide bonds. The molecule has 0 aliphatic heterocycles. The average Bonchev–Trinajstić information content (AvgIpc) is 3.01.